The standard InChI is InChI=1S/C4H11O3P.B/c1-2-3-4-7-8(5)6;/h5-6H,2-4H2,1H3;. The van der Waals surface area contributed by atoms with E-state index in [-0.39, 0.29) is 8.41 Å². The highest BCUT2D eigenvalue weighted by Gasteiger charge is 1.95. The van der Waals surface area contributed by atoms with Crippen molar-refractivity contribution in [2.45, 2.75) is 19.8 Å². The molecule has 0 saturated carbocycles. The van der Waals surface area contributed by atoms with Gasteiger partial charge in [0.05, 0.1) is 6.61 Å². The van der Waals surface area contributed by atoms with Crippen molar-refractivity contribution in [3.8, 4) is 0 Å². The summed E-state index contributed by atoms with van der Waals surface area (Å²) in [5.74, 6) is 0. The van der Waals surface area contributed by atoms with Gasteiger partial charge in [-0.15, -0.1) is 0 Å². The second kappa shape index (κ2) is 8.37. The molecule has 0 aliphatic heterocycles. The van der Waals surface area contributed by atoms with E-state index in [9.17, 15) is 0 Å². The molecule has 0 amide bonds. The summed E-state index contributed by atoms with van der Waals surface area (Å²) < 4.78 is 4.46. The van der Waals surface area contributed by atoms with Crippen LogP contribution >= 0.6 is 8.60 Å². The molecule has 0 aromatic rings. The minimum absolute atomic E-state index is 0. The summed E-state index contributed by atoms with van der Waals surface area (Å²) in [4.78, 5) is 16.4. The van der Waals surface area contributed by atoms with Gasteiger partial charge < -0.3 is 14.3 Å². The third-order valence-electron chi connectivity index (χ3n) is 0.705. The fourth-order valence-corrected chi connectivity index (χ4v) is 0.583. The van der Waals surface area contributed by atoms with Crippen LogP contribution in [0, 0.1) is 0 Å². The molecule has 3 nitrogen and oxygen atoms in total. The first-order valence-electron chi connectivity index (χ1n) is 2.58. The van der Waals surface area contributed by atoms with Crippen molar-refractivity contribution in [1.82, 2.24) is 0 Å². The van der Waals surface area contributed by atoms with Gasteiger partial charge in [-0.05, 0) is 6.42 Å². The highest BCUT2D eigenvalue weighted by atomic mass is 31.2. The Morgan fingerprint density at radius 2 is 2.00 bits per heavy atom. The number of hydrogen-bond donors (Lipinski definition) is 2. The van der Waals surface area contributed by atoms with Crippen molar-refractivity contribution < 1.29 is 14.3 Å². The Hall–Kier alpha value is 0.375. The average molecular weight is 149 g/mol. The lowest BCUT2D eigenvalue weighted by Gasteiger charge is -1.99. The van der Waals surface area contributed by atoms with Crippen LogP contribution in [0.1, 0.15) is 19.8 Å². The van der Waals surface area contributed by atoms with Crippen LogP contribution in [0.15, 0.2) is 0 Å². The van der Waals surface area contributed by atoms with Crippen molar-refractivity contribution in [2.75, 3.05) is 6.61 Å². The third-order valence-corrected chi connectivity index (χ3v) is 1.12. The number of hydrogen-bond acceptors (Lipinski definition) is 3. The van der Waals surface area contributed by atoms with Crippen molar-refractivity contribution >= 4 is 17.0 Å². The molecule has 0 aliphatic rings. The largest absolute Gasteiger partial charge is 0.328 e. The van der Waals surface area contributed by atoms with E-state index in [2.05, 4.69) is 4.52 Å². The Balaban J connectivity index is 0. The van der Waals surface area contributed by atoms with Gasteiger partial charge in [-0.3, -0.25) is 0 Å². The van der Waals surface area contributed by atoms with E-state index in [0.717, 1.165) is 12.8 Å². The van der Waals surface area contributed by atoms with Crippen LogP contribution in [0.25, 0.3) is 0 Å². The zero-order valence-electron chi connectivity index (χ0n) is 5.45. The lowest BCUT2D eigenvalue weighted by Crippen LogP contribution is -1.86. The first-order chi connectivity index (χ1) is 3.77. The summed E-state index contributed by atoms with van der Waals surface area (Å²) in [6.07, 6.45) is 1.91. The van der Waals surface area contributed by atoms with Gasteiger partial charge in [0.2, 0.25) is 0 Å². The van der Waals surface area contributed by atoms with Crippen LogP contribution in [0.5, 0.6) is 0 Å². The minimum Gasteiger partial charge on any atom is -0.328 e. The van der Waals surface area contributed by atoms with E-state index >= 15 is 0 Å². The Morgan fingerprint density at radius 1 is 1.44 bits per heavy atom. The van der Waals surface area contributed by atoms with Gasteiger partial charge in [0, 0.05) is 8.41 Å². The molecule has 0 bridgehead atoms. The third kappa shape index (κ3) is 11.8. The average Bonchev–Trinajstić information content (AvgIpc) is 1.66. The first kappa shape index (κ1) is 12.1. The zero-order chi connectivity index (χ0) is 6.41. The molecule has 0 fully saturated rings. The summed E-state index contributed by atoms with van der Waals surface area (Å²) >= 11 is 0. The van der Waals surface area contributed by atoms with E-state index in [4.69, 9.17) is 9.79 Å². The molecule has 2 N–H and O–H groups in total. The maximum absolute atomic E-state index is 8.18. The van der Waals surface area contributed by atoms with Crippen molar-refractivity contribution in [3.63, 3.8) is 0 Å². The lowest BCUT2D eigenvalue weighted by atomic mass is 10.4. The minimum atomic E-state index is -2.11. The first-order valence-corrected chi connectivity index (χ1v) is 3.74. The van der Waals surface area contributed by atoms with Gasteiger partial charge in [0.1, 0.15) is 0 Å². The molecule has 53 valence electrons. The van der Waals surface area contributed by atoms with Gasteiger partial charge in [0.25, 0.3) is 0 Å². The summed E-state index contributed by atoms with van der Waals surface area (Å²) in [5, 5.41) is 0. The predicted molar refractivity (Wildman–Crippen MR) is 38.0 cm³/mol. The monoisotopic (exact) mass is 149 g/mol. The molecule has 0 saturated heterocycles. The molecular formula is C4H11BO3P. The normalized spacial score (nSPS) is 9.33. The van der Waals surface area contributed by atoms with Gasteiger partial charge in [0.15, 0.2) is 0 Å². The highest BCUT2D eigenvalue weighted by molar-refractivity contribution is 7.39. The highest BCUT2D eigenvalue weighted by Crippen LogP contribution is 2.23. The van der Waals surface area contributed by atoms with E-state index < -0.39 is 8.60 Å². The quantitative estimate of drug-likeness (QED) is 0.350. The van der Waals surface area contributed by atoms with Crippen LogP contribution in [0.3, 0.4) is 0 Å². The van der Waals surface area contributed by atoms with Gasteiger partial charge in [-0.1, -0.05) is 13.3 Å². The lowest BCUT2D eigenvalue weighted by molar-refractivity contribution is 0.251. The van der Waals surface area contributed by atoms with Crippen LogP contribution in [0.4, 0.5) is 0 Å². The smallest absolute Gasteiger partial charge is 0.327 e. The predicted octanol–water partition coefficient (Wildman–Crippen LogP) is 0.634. The van der Waals surface area contributed by atoms with Crippen molar-refractivity contribution in [2.24, 2.45) is 0 Å². The number of unbranched alkanes of at least 4 members (excludes halogenated alkanes) is 1. The Morgan fingerprint density at radius 3 is 2.33 bits per heavy atom. The molecule has 0 atom stereocenters. The summed E-state index contributed by atoms with van der Waals surface area (Å²) in [7, 11) is -2.11. The van der Waals surface area contributed by atoms with Crippen LogP contribution in [-0.2, 0) is 4.52 Å². The Kier molecular flexibility index (Phi) is 11.3. The topological polar surface area (TPSA) is 49.7 Å². The molecule has 0 aliphatic carbocycles. The molecule has 0 aromatic carbocycles. The Bertz CT molecular complexity index is 53.1. The van der Waals surface area contributed by atoms with E-state index in [1.807, 2.05) is 6.92 Å². The second-order valence-corrected chi connectivity index (χ2v) is 2.20. The zero-order valence-corrected chi connectivity index (χ0v) is 6.34. The van der Waals surface area contributed by atoms with Crippen molar-refractivity contribution in [1.29, 1.82) is 0 Å². The van der Waals surface area contributed by atoms with Crippen molar-refractivity contribution in [3.05, 3.63) is 0 Å². The molecule has 0 unspecified atom stereocenters. The summed E-state index contributed by atoms with van der Waals surface area (Å²) in [5.41, 5.74) is 0. The maximum atomic E-state index is 8.18. The number of rotatable bonds is 4. The summed E-state index contributed by atoms with van der Waals surface area (Å²) in [6, 6.07) is 0. The van der Waals surface area contributed by atoms with Crippen LogP contribution in [-0.4, -0.2) is 24.8 Å². The molecule has 0 aromatic heterocycles. The van der Waals surface area contributed by atoms with E-state index in [1.165, 1.54) is 0 Å². The molecule has 0 rings (SSSR count). The SMILES string of the molecule is CCCCOP(O)O.[B]. The second-order valence-electron chi connectivity index (χ2n) is 1.44. The molecule has 3 radical (unpaired) electrons. The summed E-state index contributed by atoms with van der Waals surface area (Å²) in [6.45, 7) is 2.47. The fraction of sp³-hybridized carbons (Fsp3) is 1.00. The van der Waals surface area contributed by atoms with Gasteiger partial charge >= 0.3 is 8.60 Å². The van der Waals surface area contributed by atoms with E-state index in [0.29, 0.717) is 6.61 Å². The molecule has 0 heterocycles. The van der Waals surface area contributed by atoms with Crippen LogP contribution in [0.2, 0.25) is 0 Å². The Labute approximate surface area is 58.6 Å². The molecular weight excluding hydrogens is 138 g/mol. The maximum Gasteiger partial charge on any atom is 0.327 e. The fourth-order valence-electron chi connectivity index (χ4n) is 0.291. The van der Waals surface area contributed by atoms with Gasteiger partial charge in [-0.2, -0.15) is 0 Å². The van der Waals surface area contributed by atoms with E-state index in [1.54, 1.807) is 0 Å². The van der Waals surface area contributed by atoms with Gasteiger partial charge in [-0.25, -0.2) is 0 Å². The molecule has 9 heavy (non-hydrogen) atoms. The molecule has 5 heteroatoms. The molecule has 0 spiro atoms. The van der Waals surface area contributed by atoms with Crippen LogP contribution < -0.4 is 0 Å².